The van der Waals surface area contributed by atoms with Gasteiger partial charge in [0.15, 0.2) is 0 Å². The van der Waals surface area contributed by atoms with Crippen LogP contribution in [0.25, 0.3) is 0 Å². The van der Waals surface area contributed by atoms with Gasteiger partial charge < -0.3 is 5.32 Å². The van der Waals surface area contributed by atoms with Crippen molar-refractivity contribution in [3.63, 3.8) is 0 Å². The second kappa shape index (κ2) is 7.94. The molecule has 7 heteroatoms. The van der Waals surface area contributed by atoms with E-state index in [1.807, 2.05) is 0 Å². The minimum Gasteiger partial charge on any atom is -0.384 e. The molecule has 120 valence electrons. The van der Waals surface area contributed by atoms with Crippen molar-refractivity contribution in [2.45, 2.75) is 42.7 Å². The number of halogens is 3. The lowest BCUT2D eigenvalue weighted by atomic mass is 9.99. The molecule has 1 aromatic carbocycles. The van der Waals surface area contributed by atoms with E-state index in [0.29, 0.717) is 18.2 Å². The molecule has 0 fully saturated rings. The highest BCUT2D eigenvalue weighted by atomic mass is 35.5. The highest BCUT2D eigenvalue weighted by Gasteiger charge is 2.26. The predicted octanol–water partition coefficient (Wildman–Crippen LogP) is 4.14. The molecule has 0 aromatic heterocycles. The zero-order chi connectivity index (χ0) is 16.0. The molecular formula is C14H20ClF2NO2S. The normalized spacial score (nSPS) is 13.7. The topological polar surface area (TPSA) is 46.2 Å². The lowest BCUT2D eigenvalue weighted by Crippen LogP contribution is -2.22. The average Bonchev–Trinajstić information content (AvgIpc) is 2.46. The first kappa shape index (κ1) is 18.2. The number of benzene rings is 1. The molecule has 0 saturated carbocycles. The van der Waals surface area contributed by atoms with Gasteiger partial charge in [-0.25, -0.2) is 8.42 Å². The maximum absolute atomic E-state index is 12.4. The summed E-state index contributed by atoms with van der Waals surface area (Å²) in [4.78, 5) is -0.384. The molecule has 0 heterocycles. The monoisotopic (exact) mass is 339 g/mol. The van der Waals surface area contributed by atoms with Gasteiger partial charge in [0.25, 0.3) is 0 Å². The highest BCUT2D eigenvalue weighted by molar-refractivity contribution is 7.91. The Kier molecular flexibility index (Phi) is 6.87. The first-order valence-electron chi connectivity index (χ1n) is 6.83. The third-order valence-electron chi connectivity index (χ3n) is 3.48. The maximum Gasteiger partial charge on any atom is 0.341 e. The first-order chi connectivity index (χ1) is 9.82. The largest absolute Gasteiger partial charge is 0.384 e. The van der Waals surface area contributed by atoms with Gasteiger partial charge in [-0.1, -0.05) is 26.7 Å². The summed E-state index contributed by atoms with van der Waals surface area (Å²) in [5.41, 5.74) is 0.653. The molecule has 0 radical (unpaired) electrons. The smallest absolute Gasteiger partial charge is 0.341 e. The van der Waals surface area contributed by atoms with Crippen LogP contribution < -0.4 is 5.32 Å². The lowest BCUT2D eigenvalue weighted by molar-refractivity contribution is 0.234. The van der Waals surface area contributed by atoms with Crippen molar-refractivity contribution >= 4 is 27.1 Å². The molecule has 0 amide bonds. The standard InChI is InChI=1S/C14H20ClF2NO2S/c1-3-10(4-2)13(15)9-18-11-5-7-12(8-6-11)21(19,20)14(16)17/h5-8,10,13-14,18H,3-4,9H2,1-2H3. The molecule has 1 aromatic rings. The van der Waals surface area contributed by atoms with Crippen LogP contribution in [0, 0.1) is 5.92 Å². The predicted molar refractivity (Wildman–Crippen MR) is 81.8 cm³/mol. The quantitative estimate of drug-likeness (QED) is 0.724. The highest BCUT2D eigenvalue weighted by Crippen LogP contribution is 2.22. The summed E-state index contributed by atoms with van der Waals surface area (Å²) in [5.74, 6) is -3.00. The van der Waals surface area contributed by atoms with Gasteiger partial charge in [-0.15, -0.1) is 11.6 Å². The van der Waals surface area contributed by atoms with E-state index in [9.17, 15) is 17.2 Å². The number of anilines is 1. The van der Waals surface area contributed by atoms with Crippen LogP contribution in [0.15, 0.2) is 29.2 Å². The van der Waals surface area contributed by atoms with E-state index in [2.05, 4.69) is 19.2 Å². The van der Waals surface area contributed by atoms with Crippen LogP contribution in [-0.4, -0.2) is 26.1 Å². The molecule has 1 rings (SSSR count). The molecule has 1 N–H and O–H groups in total. The molecule has 0 aliphatic heterocycles. The Labute approximate surface area is 129 Å². The first-order valence-corrected chi connectivity index (χ1v) is 8.81. The number of sulfone groups is 1. The second-order valence-electron chi connectivity index (χ2n) is 4.80. The summed E-state index contributed by atoms with van der Waals surface area (Å²) in [6.45, 7) is 4.69. The van der Waals surface area contributed by atoms with E-state index in [4.69, 9.17) is 11.6 Å². The van der Waals surface area contributed by atoms with Gasteiger partial charge in [-0.2, -0.15) is 8.78 Å². The molecule has 1 unspecified atom stereocenters. The summed E-state index contributed by atoms with van der Waals surface area (Å²) >= 11 is 6.28. The van der Waals surface area contributed by atoms with Gasteiger partial charge in [0.2, 0.25) is 9.84 Å². The average molecular weight is 340 g/mol. The molecule has 0 saturated heterocycles. The van der Waals surface area contributed by atoms with Gasteiger partial charge in [-0.05, 0) is 30.2 Å². The van der Waals surface area contributed by atoms with E-state index in [-0.39, 0.29) is 10.3 Å². The lowest BCUT2D eigenvalue weighted by Gasteiger charge is -2.20. The van der Waals surface area contributed by atoms with Crippen LogP contribution >= 0.6 is 11.6 Å². The number of alkyl halides is 3. The fourth-order valence-corrected chi connectivity index (χ4v) is 3.20. The minimum absolute atomic E-state index is 0.0375. The SMILES string of the molecule is CCC(CC)C(Cl)CNc1ccc(S(=O)(=O)C(F)F)cc1. The van der Waals surface area contributed by atoms with E-state index in [1.54, 1.807) is 0 Å². The third-order valence-corrected chi connectivity index (χ3v) is 5.39. The fraction of sp³-hybridized carbons (Fsp3) is 0.571. The fourth-order valence-electron chi connectivity index (χ4n) is 2.05. The summed E-state index contributed by atoms with van der Waals surface area (Å²) in [5, 5.41) is 3.05. The van der Waals surface area contributed by atoms with Crippen LogP contribution in [0.4, 0.5) is 14.5 Å². The van der Waals surface area contributed by atoms with E-state index in [0.717, 1.165) is 12.8 Å². The Hall–Kier alpha value is -0.880. The zero-order valence-electron chi connectivity index (χ0n) is 12.0. The molecule has 0 bridgehead atoms. The number of nitrogens with one attached hydrogen (secondary N) is 1. The van der Waals surface area contributed by atoms with E-state index in [1.165, 1.54) is 24.3 Å². The Bertz CT molecular complexity index is 530. The summed E-state index contributed by atoms with van der Waals surface area (Å²) < 4.78 is 47.4. The molecular weight excluding hydrogens is 320 g/mol. The molecule has 1 atom stereocenters. The zero-order valence-corrected chi connectivity index (χ0v) is 13.6. The third kappa shape index (κ3) is 4.81. The van der Waals surface area contributed by atoms with Crippen LogP contribution in [0.3, 0.4) is 0 Å². The van der Waals surface area contributed by atoms with Crippen molar-refractivity contribution in [1.82, 2.24) is 0 Å². The van der Waals surface area contributed by atoms with Crippen molar-refractivity contribution in [3.05, 3.63) is 24.3 Å². The second-order valence-corrected chi connectivity index (χ2v) is 7.28. The number of rotatable bonds is 8. The van der Waals surface area contributed by atoms with Crippen LogP contribution in [0.1, 0.15) is 26.7 Å². The molecule has 21 heavy (non-hydrogen) atoms. The van der Waals surface area contributed by atoms with Gasteiger partial charge >= 0.3 is 5.76 Å². The van der Waals surface area contributed by atoms with Crippen LogP contribution in [0.5, 0.6) is 0 Å². The summed E-state index contributed by atoms with van der Waals surface area (Å²) in [6, 6.07) is 5.27. The van der Waals surface area contributed by atoms with Gasteiger partial charge in [0.05, 0.1) is 10.3 Å². The van der Waals surface area contributed by atoms with Crippen molar-refractivity contribution in [2.24, 2.45) is 5.92 Å². The summed E-state index contributed by atoms with van der Waals surface area (Å²) in [7, 11) is -4.53. The van der Waals surface area contributed by atoms with Crippen molar-refractivity contribution < 1.29 is 17.2 Å². The summed E-state index contributed by atoms with van der Waals surface area (Å²) in [6.07, 6.45) is 1.97. The van der Waals surface area contributed by atoms with Gasteiger partial charge in [0.1, 0.15) is 0 Å². The van der Waals surface area contributed by atoms with E-state index >= 15 is 0 Å². The number of hydrogen-bond donors (Lipinski definition) is 1. The van der Waals surface area contributed by atoms with Crippen LogP contribution in [-0.2, 0) is 9.84 Å². The Morgan fingerprint density at radius 2 is 1.67 bits per heavy atom. The Balaban J connectivity index is 2.68. The van der Waals surface area contributed by atoms with Gasteiger partial charge in [0, 0.05) is 12.2 Å². The van der Waals surface area contributed by atoms with Crippen molar-refractivity contribution in [3.8, 4) is 0 Å². The van der Waals surface area contributed by atoms with Crippen LogP contribution in [0.2, 0.25) is 0 Å². The van der Waals surface area contributed by atoms with E-state index < -0.39 is 15.6 Å². The Morgan fingerprint density at radius 3 is 2.10 bits per heavy atom. The molecule has 0 aliphatic rings. The number of hydrogen-bond acceptors (Lipinski definition) is 3. The van der Waals surface area contributed by atoms with Crippen molar-refractivity contribution in [2.75, 3.05) is 11.9 Å². The molecule has 0 aliphatic carbocycles. The molecule has 0 spiro atoms. The Morgan fingerprint density at radius 1 is 1.14 bits per heavy atom. The van der Waals surface area contributed by atoms with Crippen molar-refractivity contribution in [1.29, 1.82) is 0 Å². The maximum atomic E-state index is 12.4. The minimum atomic E-state index is -4.53. The van der Waals surface area contributed by atoms with Gasteiger partial charge in [-0.3, -0.25) is 0 Å². The molecule has 3 nitrogen and oxygen atoms in total.